The number of hydrogen-bond donors (Lipinski definition) is 1. The number of anilines is 2. The molecule has 2 aromatic heterocycles. The topological polar surface area (TPSA) is 58.4 Å². The van der Waals surface area contributed by atoms with E-state index in [1.54, 1.807) is 29.4 Å². The van der Waals surface area contributed by atoms with E-state index in [9.17, 15) is 9.18 Å². The Labute approximate surface area is 144 Å². The van der Waals surface area contributed by atoms with Crippen molar-refractivity contribution in [1.82, 2.24) is 9.88 Å². The van der Waals surface area contributed by atoms with Crippen molar-refractivity contribution in [2.45, 2.75) is 19.8 Å². The van der Waals surface area contributed by atoms with Crippen molar-refractivity contribution in [2.75, 3.05) is 18.4 Å². The lowest BCUT2D eigenvalue weighted by atomic mass is 10.2. The zero-order valence-corrected chi connectivity index (χ0v) is 13.9. The molecule has 1 aliphatic rings. The van der Waals surface area contributed by atoms with E-state index in [0.717, 1.165) is 18.4 Å². The molecule has 1 aromatic carbocycles. The Morgan fingerprint density at radius 1 is 1.28 bits per heavy atom. The number of benzene rings is 1. The maximum atomic E-state index is 14.3. The molecule has 0 unspecified atom stereocenters. The van der Waals surface area contributed by atoms with Crippen molar-refractivity contribution in [3.8, 4) is 0 Å². The molecule has 1 N–H and O–H groups in total. The molecule has 1 amide bonds. The summed E-state index contributed by atoms with van der Waals surface area (Å²) in [5, 5.41) is 3.70. The first-order valence-corrected chi connectivity index (χ1v) is 8.32. The van der Waals surface area contributed by atoms with E-state index in [1.807, 2.05) is 13.0 Å². The van der Waals surface area contributed by atoms with E-state index < -0.39 is 0 Å². The molecule has 1 fully saturated rings. The van der Waals surface area contributed by atoms with Crippen LogP contribution in [-0.2, 0) is 0 Å². The highest BCUT2D eigenvalue weighted by atomic mass is 19.1. The summed E-state index contributed by atoms with van der Waals surface area (Å²) in [7, 11) is 0. The van der Waals surface area contributed by atoms with Crippen LogP contribution in [0, 0.1) is 12.7 Å². The number of furan rings is 1. The number of carbonyl (C=O) groups excluding carboxylic acids is 1. The van der Waals surface area contributed by atoms with Gasteiger partial charge in [-0.1, -0.05) is 6.07 Å². The molecule has 0 bridgehead atoms. The third-order valence-electron chi connectivity index (χ3n) is 4.46. The van der Waals surface area contributed by atoms with Gasteiger partial charge in [-0.05, 0) is 43.5 Å². The van der Waals surface area contributed by atoms with Crippen LogP contribution >= 0.6 is 0 Å². The first kappa shape index (κ1) is 15.6. The number of rotatable bonds is 3. The van der Waals surface area contributed by atoms with Crippen LogP contribution in [0.3, 0.4) is 0 Å². The van der Waals surface area contributed by atoms with Crippen molar-refractivity contribution >= 4 is 28.3 Å². The van der Waals surface area contributed by atoms with Gasteiger partial charge in [-0.25, -0.2) is 4.39 Å². The fourth-order valence-electron chi connectivity index (χ4n) is 3.14. The summed E-state index contributed by atoms with van der Waals surface area (Å²) in [6, 6.07) is 6.62. The second-order valence-corrected chi connectivity index (χ2v) is 6.29. The summed E-state index contributed by atoms with van der Waals surface area (Å²) in [6.45, 7) is 3.26. The second-order valence-electron chi connectivity index (χ2n) is 6.29. The zero-order valence-electron chi connectivity index (χ0n) is 13.9. The van der Waals surface area contributed by atoms with Gasteiger partial charge in [0.15, 0.2) is 0 Å². The lowest BCUT2D eigenvalue weighted by Crippen LogP contribution is -2.27. The predicted octanol–water partition coefficient (Wildman–Crippen LogP) is 4.25. The van der Waals surface area contributed by atoms with E-state index >= 15 is 0 Å². The fourth-order valence-corrected chi connectivity index (χ4v) is 3.14. The van der Waals surface area contributed by atoms with Crippen LogP contribution in [-0.4, -0.2) is 28.9 Å². The Kier molecular flexibility index (Phi) is 3.87. The Morgan fingerprint density at radius 3 is 2.84 bits per heavy atom. The highest BCUT2D eigenvalue weighted by Crippen LogP contribution is 2.34. The molecule has 6 heteroatoms. The lowest BCUT2D eigenvalue weighted by molar-refractivity contribution is 0.0765. The number of aryl methyl sites for hydroxylation is 1. The number of pyridine rings is 1. The third kappa shape index (κ3) is 2.84. The van der Waals surface area contributed by atoms with E-state index in [0.29, 0.717) is 35.4 Å². The predicted molar refractivity (Wildman–Crippen MR) is 93.6 cm³/mol. The van der Waals surface area contributed by atoms with Crippen LogP contribution < -0.4 is 5.32 Å². The highest BCUT2D eigenvalue weighted by molar-refractivity contribution is 6.07. The minimum atomic E-state index is -0.377. The lowest BCUT2D eigenvalue weighted by Gasteiger charge is -2.15. The number of halogens is 1. The van der Waals surface area contributed by atoms with Gasteiger partial charge in [0.2, 0.25) is 5.76 Å². The summed E-state index contributed by atoms with van der Waals surface area (Å²) < 4.78 is 20.1. The molecule has 1 saturated heterocycles. The standard InChI is InChI=1S/C19H18FN3O2/c1-12-4-5-15(14(20)10-12)22-17-13-11-21-7-6-16(13)25-18(17)19(24)23-8-2-3-9-23/h4-7,10-11,22H,2-3,8-9H2,1H3. The average molecular weight is 339 g/mol. The quantitative estimate of drug-likeness (QED) is 0.775. The molecule has 0 atom stereocenters. The number of aromatic nitrogens is 1. The van der Waals surface area contributed by atoms with E-state index in [1.165, 1.54) is 6.07 Å². The van der Waals surface area contributed by atoms with E-state index in [2.05, 4.69) is 10.3 Å². The number of nitrogens with zero attached hydrogens (tertiary/aromatic N) is 2. The van der Waals surface area contributed by atoms with Crippen LogP contribution in [0.4, 0.5) is 15.8 Å². The first-order chi connectivity index (χ1) is 12.1. The van der Waals surface area contributed by atoms with Gasteiger partial charge in [0.25, 0.3) is 5.91 Å². The van der Waals surface area contributed by atoms with Gasteiger partial charge in [-0.3, -0.25) is 9.78 Å². The van der Waals surface area contributed by atoms with Crippen molar-refractivity contribution in [3.05, 3.63) is 53.8 Å². The number of hydrogen-bond acceptors (Lipinski definition) is 4. The number of amides is 1. The molecule has 25 heavy (non-hydrogen) atoms. The maximum absolute atomic E-state index is 14.3. The van der Waals surface area contributed by atoms with Crippen LogP contribution in [0.25, 0.3) is 11.0 Å². The molecule has 0 radical (unpaired) electrons. The Morgan fingerprint density at radius 2 is 2.08 bits per heavy atom. The highest BCUT2D eigenvalue weighted by Gasteiger charge is 2.27. The van der Waals surface area contributed by atoms with Crippen LogP contribution in [0.1, 0.15) is 29.0 Å². The minimum Gasteiger partial charge on any atom is -0.448 e. The number of fused-ring (bicyclic) bond motifs is 1. The SMILES string of the molecule is Cc1ccc(Nc2c(C(=O)N3CCCC3)oc3ccncc23)c(F)c1. The molecule has 0 aliphatic carbocycles. The zero-order chi connectivity index (χ0) is 17.4. The number of carbonyl (C=O) groups is 1. The largest absolute Gasteiger partial charge is 0.448 e. The summed E-state index contributed by atoms with van der Waals surface area (Å²) in [5.41, 5.74) is 2.14. The monoisotopic (exact) mass is 339 g/mol. The molecule has 128 valence electrons. The first-order valence-electron chi connectivity index (χ1n) is 8.32. The van der Waals surface area contributed by atoms with Gasteiger partial charge in [0.1, 0.15) is 17.1 Å². The molecule has 5 nitrogen and oxygen atoms in total. The van der Waals surface area contributed by atoms with Crippen LogP contribution in [0.15, 0.2) is 41.1 Å². The fraction of sp³-hybridized carbons (Fsp3) is 0.263. The van der Waals surface area contributed by atoms with Crippen LogP contribution in [0.5, 0.6) is 0 Å². The summed E-state index contributed by atoms with van der Waals surface area (Å²) in [6.07, 6.45) is 5.20. The smallest absolute Gasteiger partial charge is 0.291 e. The van der Waals surface area contributed by atoms with Gasteiger partial charge >= 0.3 is 0 Å². The average Bonchev–Trinajstić information content (AvgIpc) is 3.25. The number of likely N-dealkylation sites (tertiary alicyclic amines) is 1. The Hall–Kier alpha value is -2.89. The van der Waals surface area contributed by atoms with Gasteiger partial charge in [-0.15, -0.1) is 0 Å². The van der Waals surface area contributed by atoms with Crippen molar-refractivity contribution in [3.63, 3.8) is 0 Å². The summed E-state index contributed by atoms with van der Waals surface area (Å²) in [4.78, 5) is 18.7. The second kappa shape index (κ2) is 6.20. The van der Waals surface area contributed by atoms with Crippen LogP contribution in [0.2, 0.25) is 0 Å². The molecule has 0 spiro atoms. The summed E-state index contributed by atoms with van der Waals surface area (Å²) in [5.74, 6) is -0.355. The molecular weight excluding hydrogens is 321 g/mol. The normalized spacial score (nSPS) is 14.2. The van der Waals surface area contributed by atoms with Gasteiger partial charge < -0.3 is 14.6 Å². The van der Waals surface area contributed by atoms with Crippen molar-refractivity contribution in [1.29, 1.82) is 0 Å². The van der Waals surface area contributed by atoms with Crippen molar-refractivity contribution < 1.29 is 13.6 Å². The van der Waals surface area contributed by atoms with E-state index in [4.69, 9.17) is 4.42 Å². The van der Waals surface area contributed by atoms with Crippen molar-refractivity contribution in [2.24, 2.45) is 0 Å². The van der Waals surface area contributed by atoms with Gasteiger partial charge in [0.05, 0.1) is 11.1 Å². The molecule has 3 aromatic rings. The minimum absolute atomic E-state index is 0.177. The molecule has 3 heterocycles. The summed E-state index contributed by atoms with van der Waals surface area (Å²) >= 11 is 0. The van der Waals surface area contributed by atoms with E-state index in [-0.39, 0.29) is 17.5 Å². The third-order valence-corrected chi connectivity index (χ3v) is 4.46. The molecule has 0 saturated carbocycles. The van der Waals surface area contributed by atoms with Gasteiger partial charge in [-0.2, -0.15) is 0 Å². The Bertz CT molecular complexity index is 945. The molecule has 4 rings (SSSR count). The number of nitrogens with one attached hydrogen (secondary N) is 1. The Balaban J connectivity index is 1.80. The van der Waals surface area contributed by atoms with Gasteiger partial charge in [0, 0.05) is 25.5 Å². The molecular formula is C19H18FN3O2. The maximum Gasteiger partial charge on any atom is 0.291 e. The molecule has 1 aliphatic heterocycles.